The van der Waals surface area contributed by atoms with Crippen LogP contribution < -0.4 is 22.3 Å². The van der Waals surface area contributed by atoms with Crippen molar-refractivity contribution in [3.05, 3.63) is 0 Å². The fourth-order valence-electron chi connectivity index (χ4n) is 1.80. The summed E-state index contributed by atoms with van der Waals surface area (Å²) in [5.41, 5.74) is 7.10. The van der Waals surface area contributed by atoms with Gasteiger partial charge in [-0.3, -0.25) is 15.0 Å². The van der Waals surface area contributed by atoms with Gasteiger partial charge >= 0.3 is 0 Å². The average Bonchev–Trinajstić information content (AvgIpc) is 2.26. The molecule has 15 heavy (non-hydrogen) atoms. The molecule has 6 N–H and O–H groups in total. The van der Waals surface area contributed by atoms with Gasteiger partial charge in [0.1, 0.15) is 0 Å². The van der Waals surface area contributed by atoms with Crippen molar-refractivity contribution in [3.63, 3.8) is 0 Å². The van der Waals surface area contributed by atoms with Crippen molar-refractivity contribution < 1.29 is 9.59 Å². The molecule has 86 valence electrons. The molecule has 0 saturated heterocycles. The number of amides is 2. The van der Waals surface area contributed by atoms with Crippen molar-refractivity contribution in [3.8, 4) is 0 Å². The van der Waals surface area contributed by atoms with Crippen molar-refractivity contribution >= 4 is 11.8 Å². The molecule has 0 spiro atoms. The largest absolute Gasteiger partial charge is 0.345 e. The molecule has 0 heterocycles. The molecule has 0 aromatic heterocycles. The molecule has 2 amide bonds. The van der Waals surface area contributed by atoms with Crippen LogP contribution in [0.3, 0.4) is 0 Å². The van der Waals surface area contributed by atoms with E-state index in [4.69, 9.17) is 11.6 Å². The van der Waals surface area contributed by atoms with E-state index in [1.165, 1.54) is 0 Å². The third-order valence-corrected chi connectivity index (χ3v) is 2.77. The first-order valence-electron chi connectivity index (χ1n) is 5.15. The van der Waals surface area contributed by atoms with E-state index in [0.717, 1.165) is 19.3 Å². The van der Waals surface area contributed by atoms with Crippen molar-refractivity contribution in [1.82, 2.24) is 10.7 Å². The van der Waals surface area contributed by atoms with Gasteiger partial charge in [-0.25, -0.2) is 5.84 Å². The first-order valence-corrected chi connectivity index (χ1v) is 5.15. The number of hydrogen-bond acceptors (Lipinski definition) is 4. The predicted molar refractivity (Wildman–Crippen MR) is 55.3 cm³/mol. The molecule has 0 atom stereocenters. The Bertz CT molecular complexity index is 248. The lowest BCUT2D eigenvalue weighted by Gasteiger charge is -2.31. The van der Waals surface area contributed by atoms with Gasteiger partial charge in [-0.05, 0) is 12.8 Å². The zero-order valence-corrected chi connectivity index (χ0v) is 8.71. The van der Waals surface area contributed by atoms with Crippen molar-refractivity contribution in [2.75, 3.05) is 6.54 Å². The van der Waals surface area contributed by atoms with E-state index in [1.807, 2.05) is 5.43 Å². The van der Waals surface area contributed by atoms with Crippen LogP contribution in [-0.2, 0) is 9.59 Å². The molecule has 1 aliphatic carbocycles. The van der Waals surface area contributed by atoms with Crippen LogP contribution >= 0.6 is 0 Å². The number of hydrazine groups is 1. The molecule has 0 bridgehead atoms. The zero-order valence-electron chi connectivity index (χ0n) is 8.71. The summed E-state index contributed by atoms with van der Waals surface area (Å²) in [7, 11) is 0. The minimum Gasteiger partial charge on any atom is -0.345 e. The SMILES string of the molecule is NNC(=O)CNC(=O)C1(N)CCCCC1. The van der Waals surface area contributed by atoms with E-state index in [1.54, 1.807) is 0 Å². The Morgan fingerprint density at radius 3 is 2.33 bits per heavy atom. The minimum atomic E-state index is -0.798. The lowest BCUT2D eigenvalue weighted by Crippen LogP contribution is -2.56. The lowest BCUT2D eigenvalue weighted by atomic mass is 9.82. The van der Waals surface area contributed by atoms with Crippen LogP contribution in [-0.4, -0.2) is 23.9 Å². The zero-order chi connectivity index (χ0) is 11.3. The van der Waals surface area contributed by atoms with Crippen LogP contribution in [0.2, 0.25) is 0 Å². The van der Waals surface area contributed by atoms with Crippen LogP contribution in [0.4, 0.5) is 0 Å². The maximum Gasteiger partial charge on any atom is 0.253 e. The highest BCUT2D eigenvalue weighted by atomic mass is 16.2. The molecule has 1 fully saturated rings. The summed E-state index contributed by atoms with van der Waals surface area (Å²) >= 11 is 0. The molecule has 6 nitrogen and oxygen atoms in total. The highest BCUT2D eigenvalue weighted by molar-refractivity contribution is 5.90. The summed E-state index contributed by atoms with van der Waals surface area (Å²) < 4.78 is 0. The van der Waals surface area contributed by atoms with Gasteiger partial charge in [0.15, 0.2) is 0 Å². The number of nitrogens with two attached hydrogens (primary N) is 2. The topological polar surface area (TPSA) is 110 Å². The number of rotatable bonds is 3. The number of nitrogens with one attached hydrogen (secondary N) is 2. The monoisotopic (exact) mass is 214 g/mol. The summed E-state index contributed by atoms with van der Waals surface area (Å²) in [6.07, 6.45) is 4.42. The Morgan fingerprint density at radius 1 is 1.20 bits per heavy atom. The van der Waals surface area contributed by atoms with Gasteiger partial charge in [0, 0.05) is 0 Å². The van der Waals surface area contributed by atoms with Crippen LogP contribution in [0.1, 0.15) is 32.1 Å². The fourth-order valence-corrected chi connectivity index (χ4v) is 1.80. The minimum absolute atomic E-state index is 0.117. The molecule has 0 aliphatic heterocycles. The normalized spacial score (nSPS) is 19.3. The number of hydrogen-bond donors (Lipinski definition) is 4. The third kappa shape index (κ3) is 3.17. The van der Waals surface area contributed by atoms with Gasteiger partial charge in [-0.15, -0.1) is 0 Å². The van der Waals surface area contributed by atoms with Crippen LogP contribution in [0.5, 0.6) is 0 Å². The van der Waals surface area contributed by atoms with Crippen LogP contribution in [0.15, 0.2) is 0 Å². The molecule has 0 aromatic rings. The Hall–Kier alpha value is -1.14. The first kappa shape index (κ1) is 11.9. The summed E-state index contributed by atoms with van der Waals surface area (Å²) in [5.74, 6) is 4.20. The second-order valence-electron chi connectivity index (χ2n) is 3.97. The molecule has 0 radical (unpaired) electrons. The molecule has 0 aromatic carbocycles. The van der Waals surface area contributed by atoms with E-state index in [0.29, 0.717) is 12.8 Å². The van der Waals surface area contributed by atoms with E-state index >= 15 is 0 Å². The van der Waals surface area contributed by atoms with Crippen molar-refractivity contribution in [2.45, 2.75) is 37.6 Å². The van der Waals surface area contributed by atoms with Gasteiger partial charge in [0.25, 0.3) is 5.91 Å². The van der Waals surface area contributed by atoms with E-state index in [9.17, 15) is 9.59 Å². The van der Waals surface area contributed by atoms with Crippen molar-refractivity contribution in [2.24, 2.45) is 11.6 Å². The van der Waals surface area contributed by atoms with Gasteiger partial charge in [0.05, 0.1) is 12.1 Å². The molecule has 0 unspecified atom stereocenters. The summed E-state index contributed by atoms with van der Waals surface area (Å²) in [6, 6.07) is 0. The molecule has 1 rings (SSSR count). The third-order valence-electron chi connectivity index (χ3n) is 2.77. The van der Waals surface area contributed by atoms with E-state index in [-0.39, 0.29) is 12.5 Å². The van der Waals surface area contributed by atoms with Gasteiger partial charge in [0.2, 0.25) is 5.91 Å². The predicted octanol–water partition coefficient (Wildman–Crippen LogP) is -1.25. The Kier molecular flexibility index (Phi) is 4.05. The summed E-state index contributed by atoms with van der Waals surface area (Å²) in [4.78, 5) is 22.5. The Balaban J connectivity index is 2.41. The highest BCUT2D eigenvalue weighted by Gasteiger charge is 2.35. The van der Waals surface area contributed by atoms with E-state index in [2.05, 4.69) is 5.32 Å². The molecule has 1 aliphatic rings. The molecular formula is C9H18N4O2. The highest BCUT2D eigenvalue weighted by Crippen LogP contribution is 2.25. The second-order valence-corrected chi connectivity index (χ2v) is 3.97. The summed E-state index contributed by atoms with van der Waals surface area (Å²) in [5, 5.41) is 2.49. The lowest BCUT2D eigenvalue weighted by molar-refractivity contribution is -0.130. The molecular weight excluding hydrogens is 196 g/mol. The van der Waals surface area contributed by atoms with Crippen LogP contribution in [0, 0.1) is 0 Å². The Labute approximate surface area is 88.7 Å². The van der Waals surface area contributed by atoms with E-state index < -0.39 is 11.4 Å². The van der Waals surface area contributed by atoms with Gasteiger partial charge in [-0.2, -0.15) is 0 Å². The maximum atomic E-state index is 11.7. The number of carbonyl (C=O) groups excluding carboxylic acids is 2. The average molecular weight is 214 g/mol. The first-order chi connectivity index (χ1) is 7.08. The van der Waals surface area contributed by atoms with Gasteiger partial charge in [-0.1, -0.05) is 19.3 Å². The van der Waals surface area contributed by atoms with Crippen LogP contribution in [0.25, 0.3) is 0 Å². The summed E-state index contributed by atoms with van der Waals surface area (Å²) in [6.45, 7) is -0.117. The fraction of sp³-hybridized carbons (Fsp3) is 0.778. The van der Waals surface area contributed by atoms with Crippen molar-refractivity contribution in [1.29, 1.82) is 0 Å². The maximum absolute atomic E-state index is 11.7. The molecule has 1 saturated carbocycles. The Morgan fingerprint density at radius 2 is 1.80 bits per heavy atom. The number of carbonyl (C=O) groups is 2. The standard InChI is InChI=1S/C9H18N4O2/c10-9(4-2-1-3-5-9)8(15)12-6-7(14)13-11/h1-6,10-11H2,(H,12,15)(H,13,14). The smallest absolute Gasteiger partial charge is 0.253 e. The molecule has 6 heteroatoms. The van der Waals surface area contributed by atoms with Gasteiger partial charge < -0.3 is 11.1 Å². The quantitative estimate of drug-likeness (QED) is 0.267. The second kappa shape index (κ2) is 5.09.